The van der Waals surface area contributed by atoms with Gasteiger partial charge < -0.3 is 15.0 Å². The smallest absolute Gasteiger partial charge is 0.433 e. The third kappa shape index (κ3) is 5.13. The molecule has 0 saturated carbocycles. The number of rotatable bonds is 5. The Morgan fingerprint density at radius 3 is 2.68 bits per heavy atom. The molecule has 1 saturated heterocycles. The number of carbonyl (C=O) groups is 2. The summed E-state index contributed by atoms with van der Waals surface area (Å²) in [6, 6.07) is 10.8. The minimum Gasteiger partial charge on any atom is -0.445 e. The number of hydrogen-bond donors (Lipinski definition) is 1. The molecule has 4 rings (SSSR count). The van der Waals surface area contributed by atoms with E-state index in [1.807, 2.05) is 30.3 Å². The number of halogens is 3. The summed E-state index contributed by atoms with van der Waals surface area (Å²) in [7, 11) is 0. The molecule has 0 bridgehead atoms. The van der Waals surface area contributed by atoms with Crippen molar-refractivity contribution in [2.75, 3.05) is 13.1 Å². The molecule has 0 aliphatic carbocycles. The quantitative estimate of drug-likeness (QED) is 0.608. The predicted molar refractivity (Wildman–Crippen MR) is 116 cm³/mol. The van der Waals surface area contributed by atoms with Crippen LogP contribution in [0.2, 0.25) is 0 Å². The fraction of sp³-hybridized carbons (Fsp3) is 0.391. The Kier molecular flexibility index (Phi) is 6.45. The molecule has 11 heteroatoms. The first-order chi connectivity index (χ1) is 16.1. The summed E-state index contributed by atoms with van der Waals surface area (Å²) >= 11 is 0. The molecule has 180 valence electrons. The lowest BCUT2D eigenvalue weighted by atomic mass is 10.1. The highest BCUT2D eigenvalue weighted by molar-refractivity contribution is 5.85. The van der Waals surface area contributed by atoms with Crippen LogP contribution in [0.25, 0.3) is 5.65 Å². The third-order valence-electron chi connectivity index (χ3n) is 5.70. The average molecular weight is 475 g/mol. The fourth-order valence-corrected chi connectivity index (χ4v) is 4.00. The number of aromatic nitrogens is 3. The second kappa shape index (κ2) is 9.32. The van der Waals surface area contributed by atoms with Gasteiger partial charge >= 0.3 is 12.3 Å². The van der Waals surface area contributed by atoms with Crippen molar-refractivity contribution in [1.82, 2.24) is 24.8 Å². The number of fused-ring (bicyclic) bond motifs is 1. The zero-order valence-electron chi connectivity index (χ0n) is 18.7. The van der Waals surface area contributed by atoms with Crippen molar-refractivity contribution in [3.63, 3.8) is 0 Å². The van der Waals surface area contributed by atoms with Gasteiger partial charge in [-0.2, -0.15) is 18.3 Å². The van der Waals surface area contributed by atoms with E-state index < -0.39 is 24.0 Å². The Balaban J connectivity index is 1.37. The van der Waals surface area contributed by atoms with E-state index in [1.165, 1.54) is 13.0 Å². The van der Waals surface area contributed by atoms with Crippen molar-refractivity contribution in [2.24, 2.45) is 0 Å². The maximum Gasteiger partial charge on any atom is 0.433 e. The Morgan fingerprint density at radius 2 is 1.97 bits per heavy atom. The molecule has 1 aromatic carbocycles. The minimum absolute atomic E-state index is 0.0840. The van der Waals surface area contributed by atoms with Gasteiger partial charge in [0.15, 0.2) is 5.65 Å². The lowest BCUT2D eigenvalue weighted by molar-refractivity contribution is -0.142. The van der Waals surface area contributed by atoms with Gasteiger partial charge in [0.25, 0.3) is 0 Å². The summed E-state index contributed by atoms with van der Waals surface area (Å²) in [6.07, 6.45) is -4.73. The van der Waals surface area contributed by atoms with Gasteiger partial charge in [-0.05, 0) is 31.9 Å². The van der Waals surface area contributed by atoms with E-state index in [0.717, 1.165) is 16.1 Å². The number of amides is 2. The molecule has 8 nitrogen and oxygen atoms in total. The van der Waals surface area contributed by atoms with Gasteiger partial charge in [-0.1, -0.05) is 30.3 Å². The molecule has 1 N–H and O–H groups in total. The zero-order chi connectivity index (χ0) is 24.5. The molecular weight excluding hydrogens is 451 g/mol. The van der Waals surface area contributed by atoms with Gasteiger partial charge in [0.05, 0.1) is 5.69 Å². The standard InChI is InChI=1S/C23H24F3N5O3/c1-14-10-19(23(24,25)26)31-20(27-14)11-18(29-31)17-8-9-30(12-17)21(32)15(2)28-22(33)34-13-16-6-4-3-5-7-16/h3-7,10-11,15,17H,8-9,12-13H2,1-2H3,(H,28,33)/t15-,17-/m1/s1. The molecular formula is C23H24F3N5O3. The largest absolute Gasteiger partial charge is 0.445 e. The molecule has 0 unspecified atom stereocenters. The number of aryl methyl sites for hydroxylation is 1. The van der Waals surface area contributed by atoms with E-state index in [4.69, 9.17) is 4.74 Å². The number of nitrogens with zero attached hydrogens (tertiary/aromatic N) is 4. The normalized spacial score (nSPS) is 17.1. The Bertz CT molecular complexity index is 1200. The predicted octanol–water partition coefficient (Wildman–Crippen LogP) is 3.69. The maximum atomic E-state index is 13.4. The molecule has 3 heterocycles. The summed E-state index contributed by atoms with van der Waals surface area (Å²) in [4.78, 5) is 30.6. The SMILES string of the molecule is Cc1cc(C(F)(F)F)n2nc([C@@H]3CCN(C(=O)[C@@H](C)NC(=O)OCc4ccccc4)C3)cc2n1. The molecule has 1 aliphatic heterocycles. The van der Waals surface area contributed by atoms with Crippen molar-refractivity contribution >= 4 is 17.6 Å². The van der Waals surface area contributed by atoms with Crippen LogP contribution in [0.5, 0.6) is 0 Å². The zero-order valence-corrected chi connectivity index (χ0v) is 18.7. The summed E-state index contributed by atoms with van der Waals surface area (Å²) in [6.45, 7) is 3.83. The van der Waals surface area contributed by atoms with Gasteiger partial charge in [0.2, 0.25) is 5.91 Å². The van der Waals surface area contributed by atoms with Gasteiger partial charge in [-0.25, -0.2) is 14.3 Å². The van der Waals surface area contributed by atoms with Crippen LogP contribution in [0.1, 0.15) is 41.9 Å². The molecule has 0 spiro atoms. The molecule has 34 heavy (non-hydrogen) atoms. The molecule has 0 radical (unpaired) electrons. The lowest BCUT2D eigenvalue weighted by Crippen LogP contribution is -2.46. The van der Waals surface area contributed by atoms with Crippen LogP contribution >= 0.6 is 0 Å². The molecule has 3 aromatic rings. The van der Waals surface area contributed by atoms with Gasteiger partial charge in [-0.3, -0.25) is 4.79 Å². The summed E-state index contributed by atoms with van der Waals surface area (Å²) in [5, 5.41) is 6.67. The molecule has 1 aliphatic rings. The number of alkyl halides is 3. The Labute approximate surface area is 193 Å². The van der Waals surface area contributed by atoms with Crippen molar-refractivity contribution in [3.8, 4) is 0 Å². The lowest BCUT2D eigenvalue weighted by Gasteiger charge is -2.21. The van der Waals surface area contributed by atoms with E-state index in [2.05, 4.69) is 15.4 Å². The van der Waals surface area contributed by atoms with Crippen LogP contribution in [-0.4, -0.2) is 50.6 Å². The number of hydrogen-bond acceptors (Lipinski definition) is 5. The summed E-state index contributed by atoms with van der Waals surface area (Å²) < 4.78 is 46.2. The van der Waals surface area contributed by atoms with Crippen molar-refractivity contribution in [2.45, 2.75) is 45.0 Å². The highest BCUT2D eigenvalue weighted by atomic mass is 19.4. The van der Waals surface area contributed by atoms with Gasteiger partial charge in [-0.15, -0.1) is 0 Å². The van der Waals surface area contributed by atoms with E-state index in [0.29, 0.717) is 18.7 Å². The maximum absolute atomic E-state index is 13.4. The monoisotopic (exact) mass is 475 g/mol. The van der Waals surface area contributed by atoms with Crippen LogP contribution in [0, 0.1) is 6.92 Å². The minimum atomic E-state index is -4.57. The molecule has 2 aromatic heterocycles. The van der Waals surface area contributed by atoms with Crippen molar-refractivity contribution in [3.05, 3.63) is 65.1 Å². The van der Waals surface area contributed by atoms with Crippen LogP contribution in [0.3, 0.4) is 0 Å². The highest BCUT2D eigenvalue weighted by Crippen LogP contribution is 2.32. The van der Waals surface area contributed by atoms with Crippen LogP contribution in [-0.2, 0) is 22.3 Å². The number of benzene rings is 1. The summed E-state index contributed by atoms with van der Waals surface area (Å²) in [5.74, 6) is -0.530. The summed E-state index contributed by atoms with van der Waals surface area (Å²) in [5.41, 5.74) is 0.738. The van der Waals surface area contributed by atoms with Crippen molar-refractivity contribution in [1.29, 1.82) is 0 Å². The van der Waals surface area contributed by atoms with Gasteiger partial charge in [0.1, 0.15) is 18.3 Å². The topological polar surface area (TPSA) is 88.8 Å². The number of likely N-dealkylation sites (tertiary alicyclic amines) is 1. The Morgan fingerprint density at radius 1 is 1.24 bits per heavy atom. The van der Waals surface area contributed by atoms with Gasteiger partial charge in [0, 0.05) is 30.8 Å². The molecule has 1 fully saturated rings. The number of carbonyl (C=O) groups excluding carboxylic acids is 2. The van der Waals surface area contributed by atoms with E-state index in [-0.39, 0.29) is 36.3 Å². The Hall–Kier alpha value is -3.63. The van der Waals surface area contributed by atoms with Crippen molar-refractivity contribution < 1.29 is 27.5 Å². The molecule has 2 amide bonds. The second-order valence-corrected chi connectivity index (χ2v) is 8.32. The first kappa shape index (κ1) is 23.5. The number of nitrogens with one attached hydrogen (secondary N) is 1. The fourth-order valence-electron chi connectivity index (χ4n) is 4.00. The first-order valence-corrected chi connectivity index (χ1v) is 10.8. The number of ether oxygens (including phenoxy) is 1. The van der Waals surface area contributed by atoms with E-state index in [9.17, 15) is 22.8 Å². The van der Waals surface area contributed by atoms with Crippen LogP contribution in [0.4, 0.5) is 18.0 Å². The first-order valence-electron chi connectivity index (χ1n) is 10.8. The van der Waals surface area contributed by atoms with E-state index in [1.54, 1.807) is 11.8 Å². The number of alkyl carbamates (subject to hydrolysis) is 1. The van der Waals surface area contributed by atoms with Crippen LogP contribution in [0.15, 0.2) is 42.5 Å². The highest BCUT2D eigenvalue weighted by Gasteiger charge is 2.36. The average Bonchev–Trinajstić information content (AvgIpc) is 3.43. The van der Waals surface area contributed by atoms with Crippen LogP contribution < -0.4 is 5.32 Å². The third-order valence-corrected chi connectivity index (χ3v) is 5.70. The molecule has 2 atom stereocenters. The second-order valence-electron chi connectivity index (χ2n) is 8.32. The van der Waals surface area contributed by atoms with E-state index >= 15 is 0 Å².